The number of carboxylic acid groups (broad SMARTS) is 1. The zero-order valence-electron chi connectivity index (χ0n) is 8.67. The van der Waals surface area contributed by atoms with E-state index in [1.807, 2.05) is 0 Å². The highest BCUT2D eigenvalue weighted by molar-refractivity contribution is 7.91. The Morgan fingerprint density at radius 1 is 1.38 bits per heavy atom. The molecule has 0 radical (unpaired) electrons. The molecule has 1 saturated heterocycles. The molecule has 2 rings (SSSR count). The molecule has 5 nitrogen and oxygen atoms in total. The van der Waals surface area contributed by atoms with Crippen LogP contribution < -0.4 is 0 Å². The fraction of sp³-hybridized carbons (Fsp3) is 0.500. The summed E-state index contributed by atoms with van der Waals surface area (Å²) in [7, 11) is -2.90. The molecule has 0 bridgehead atoms. The molecular formula is C10H13NO4S. The number of hydrogen-bond acceptors (Lipinski definition) is 3. The molecule has 0 aliphatic carbocycles. The molecule has 0 atom stereocenters. The number of aromatic nitrogens is 1. The first-order valence-electron chi connectivity index (χ1n) is 5.10. The van der Waals surface area contributed by atoms with Crippen molar-refractivity contribution < 1.29 is 18.3 Å². The van der Waals surface area contributed by atoms with Gasteiger partial charge in [-0.05, 0) is 25.0 Å². The van der Waals surface area contributed by atoms with Gasteiger partial charge >= 0.3 is 5.97 Å². The van der Waals surface area contributed by atoms with E-state index in [0.29, 0.717) is 12.8 Å². The van der Waals surface area contributed by atoms with Crippen LogP contribution >= 0.6 is 0 Å². The Labute approximate surface area is 93.6 Å². The van der Waals surface area contributed by atoms with Gasteiger partial charge in [0.05, 0.1) is 11.5 Å². The van der Waals surface area contributed by atoms with Crippen molar-refractivity contribution in [3.05, 3.63) is 24.0 Å². The minimum Gasteiger partial charge on any atom is -0.477 e. The average Bonchev–Trinajstić information content (AvgIpc) is 2.66. The van der Waals surface area contributed by atoms with Crippen LogP contribution in [0.1, 0.15) is 29.4 Å². The maximum absolute atomic E-state index is 11.3. The highest BCUT2D eigenvalue weighted by atomic mass is 32.2. The number of carboxylic acids is 1. The van der Waals surface area contributed by atoms with Crippen LogP contribution in [0.2, 0.25) is 0 Å². The Morgan fingerprint density at radius 2 is 2.00 bits per heavy atom. The predicted octanol–water partition coefficient (Wildman–Crippen LogP) is 0.936. The minimum atomic E-state index is -2.90. The third-order valence-electron chi connectivity index (χ3n) is 2.92. The molecule has 0 unspecified atom stereocenters. The molecule has 1 aromatic heterocycles. The van der Waals surface area contributed by atoms with Crippen LogP contribution in [0.4, 0.5) is 0 Å². The molecule has 88 valence electrons. The van der Waals surface area contributed by atoms with Gasteiger partial charge in [0.15, 0.2) is 0 Å². The summed E-state index contributed by atoms with van der Waals surface area (Å²) in [5.74, 6) is -0.678. The molecule has 0 saturated carbocycles. The lowest BCUT2D eigenvalue weighted by Crippen LogP contribution is -2.26. The number of nitrogens with zero attached hydrogens (tertiary/aromatic N) is 1. The molecule has 0 amide bonds. The summed E-state index contributed by atoms with van der Waals surface area (Å²) in [5, 5.41) is 8.95. The van der Waals surface area contributed by atoms with Crippen LogP contribution in [0, 0.1) is 0 Å². The topological polar surface area (TPSA) is 76.4 Å². The summed E-state index contributed by atoms with van der Waals surface area (Å²) in [6.07, 6.45) is 2.70. The first-order chi connectivity index (χ1) is 7.49. The normalized spacial score (nSPS) is 20.8. The number of rotatable bonds is 2. The maximum atomic E-state index is 11.3. The van der Waals surface area contributed by atoms with Gasteiger partial charge in [0.25, 0.3) is 0 Å². The number of aromatic carboxylic acids is 1. The van der Waals surface area contributed by atoms with E-state index in [-0.39, 0.29) is 23.2 Å². The van der Waals surface area contributed by atoms with Gasteiger partial charge in [0.1, 0.15) is 15.5 Å². The summed E-state index contributed by atoms with van der Waals surface area (Å²) in [6.45, 7) is 0. The van der Waals surface area contributed by atoms with Crippen molar-refractivity contribution in [1.82, 2.24) is 4.57 Å². The van der Waals surface area contributed by atoms with Gasteiger partial charge < -0.3 is 9.67 Å². The molecular weight excluding hydrogens is 230 g/mol. The van der Waals surface area contributed by atoms with Crippen LogP contribution in [0.15, 0.2) is 18.3 Å². The summed E-state index contributed by atoms with van der Waals surface area (Å²) in [5.41, 5.74) is 0.226. The van der Waals surface area contributed by atoms with E-state index in [2.05, 4.69) is 0 Å². The van der Waals surface area contributed by atoms with Crippen molar-refractivity contribution in [2.24, 2.45) is 0 Å². The van der Waals surface area contributed by atoms with Crippen molar-refractivity contribution in [3.8, 4) is 0 Å². The molecule has 6 heteroatoms. The molecule has 1 aliphatic rings. The lowest BCUT2D eigenvalue weighted by atomic mass is 10.1. The number of hydrogen-bond donors (Lipinski definition) is 1. The first kappa shape index (κ1) is 11.2. The van der Waals surface area contributed by atoms with Gasteiger partial charge in [0.2, 0.25) is 0 Å². The van der Waals surface area contributed by atoms with E-state index in [1.165, 1.54) is 6.07 Å². The molecule has 1 aromatic rings. The molecule has 1 fully saturated rings. The smallest absolute Gasteiger partial charge is 0.352 e. The van der Waals surface area contributed by atoms with Crippen molar-refractivity contribution in [2.45, 2.75) is 18.9 Å². The SMILES string of the molecule is O=C(O)c1cccn1C1CCS(=O)(=O)CC1. The Bertz CT molecular complexity index is 489. The van der Waals surface area contributed by atoms with Crippen LogP contribution in [0.5, 0.6) is 0 Å². The standard InChI is InChI=1S/C10H13NO4S/c12-10(13)9-2-1-5-11(9)8-3-6-16(14,15)7-4-8/h1-2,5,8H,3-4,6-7H2,(H,12,13). The van der Waals surface area contributed by atoms with E-state index < -0.39 is 15.8 Å². The van der Waals surface area contributed by atoms with Crippen LogP contribution in [0.3, 0.4) is 0 Å². The van der Waals surface area contributed by atoms with Gasteiger partial charge in [0, 0.05) is 12.2 Å². The molecule has 1 N–H and O–H groups in total. The second-order valence-electron chi connectivity index (χ2n) is 3.99. The Morgan fingerprint density at radius 3 is 2.56 bits per heavy atom. The van der Waals surface area contributed by atoms with Crippen molar-refractivity contribution >= 4 is 15.8 Å². The van der Waals surface area contributed by atoms with Crippen molar-refractivity contribution in [3.63, 3.8) is 0 Å². The minimum absolute atomic E-state index is 0.00961. The second-order valence-corrected chi connectivity index (χ2v) is 6.29. The van der Waals surface area contributed by atoms with E-state index in [9.17, 15) is 13.2 Å². The zero-order valence-corrected chi connectivity index (χ0v) is 9.48. The highest BCUT2D eigenvalue weighted by Crippen LogP contribution is 2.25. The molecule has 16 heavy (non-hydrogen) atoms. The monoisotopic (exact) mass is 243 g/mol. The fourth-order valence-corrected chi connectivity index (χ4v) is 3.52. The molecule has 0 aromatic carbocycles. The first-order valence-corrected chi connectivity index (χ1v) is 6.92. The van der Waals surface area contributed by atoms with Crippen molar-refractivity contribution in [2.75, 3.05) is 11.5 Å². The summed E-state index contributed by atoms with van der Waals surface area (Å²) >= 11 is 0. The lowest BCUT2D eigenvalue weighted by molar-refractivity contribution is 0.0682. The summed E-state index contributed by atoms with van der Waals surface area (Å²) in [6, 6.07) is 3.20. The zero-order chi connectivity index (χ0) is 11.8. The predicted molar refractivity (Wildman–Crippen MR) is 58.3 cm³/mol. The highest BCUT2D eigenvalue weighted by Gasteiger charge is 2.26. The lowest BCUT2D eigenvalue weighted by Gasteiger charge is -2.24. The Balaban J connectivity index is 2.20. The maximum Gasteiger partial charge on any atom is 0.352 e. The van der Waals surface area contributed by atoms with E-state index >= 15 is 0 Å². The van der Waals surface area contributed by atoms with Crippen LogP contribution in [0.25, 0.3) is 0 Å². The number of sulfone groups is 1. The number of carbonyl (C=O) groups is 1. The molecule has 1 aliphatic heterocycles. The van der Waals surface area contributed by atoms with Gasteiger partial charge in [-0.1, -0.05) is 0 Å². The molecule has 2 heterocycles. The van der Waals surface area contributed by atoms with Crippen LogP contribution in [-0.2, 0) is 9.84 Å². The van der Waals surface area contributed by atoms with Gasteiger partial charge in [-0.2, -0.15) is 0 Å². The van der Waals surface area contributed by atoms with Crippen LogP contribution in [-0.4, -0.2) is 35.6 Å². The fourth-order valence-electron chi connectivity index (χ4n) is 2.05. The van der Waals surface area contributed by atoms with Crippen molar-refractivity contribution in [1.29, 1.82) is 0 Å². The molecule has 0 spiro atoms. The van der Waals surface area contributed by atoms with E-state index in [0.717, 1.165) is 0 Å². The second kappa shape index (κ2) is 3.93. The van der Waals surface area contributed by atoms with E-state index in [4.69, 9.17) is 5.11 Å². The van der Waals surface area contributed by atoms with Gasteiger partial charge in [-0.3, -0.25) is 0 Å². The third kappa shape index (κ3) is 2.11. The summed E-state index contributed by atoms with van der Waals surface area (Å²) < 4.78 is 24.2. The Hall–Kier alpha value is -1.30. The van der Waals surface area contributed by atoms with Gasteiger partial charge in [-0.25, -0.2) is 13.2 Å². The van der Waals surface area contributed by atoms with E-state index in [1.54, 1.807) is 16.8 Å². The third-order valence-corrected chi connectivity index (χ3v) is 4.63. The summed E-state index contributed by atoms with van der Waals surface area (Å²) in [4.78, 5) is 10.9. The Kier molecular flexibility index (Phi) is 2.75. The average molecular weight is 243 g/mol. The van der Waals surface area contributed by atoms with Gasteiger partial charge in [-0.15, -0.1) is 0 Å². The largest absolute Gasteiger partial charge is 0.477 e. The quantitative estimate of drug-likeness (QED) is 0.838.